The van der Waals surface area contributed by atoms with Gasteiger partial charge in [-0.05, 0) is 22.4 Å². The van der Waals surface area contributed by atoms with Gasteiger partial charge >= 0.3 is 0 Å². The number of nitrogens with one attached hydrogen (secondary N) is 1. The summed E-state index contributed by atoms with van der Waals surface area (Å²) in [4.78, 5) is 22.7. The fourth-order valence-corrected chi connectivity index (χ4v) is 3.08. The number of anilines is 1. The van der Waals surface area contributed by atoms with Gasteiger partial charge in [-0.25, -0.2) is 0 Å². The summed E-state index contributed by atoms with van der Waals surface area (Å²) >= 11 is 0. The number of amides is 1. The lowest BCUT2D eigenvalue weighted by Gasteiger charge is -2.06. The van der Waals surface area contributed by atoms with Crippen molar-refractivity contribution in [1.29, 1.82) is 0 Å². The van der Waals surface area contributed by atoms with Crippen LogP contribution in [-0.4, -0.2) is 20.6 Å². The van der Waals surface area contributed by atoms with Crippen molar-refractivity contribution in [2.45, 2.75) is 6.54 Å². The van der Waals surface area contributed by atoms with Gasteiger partial charge in [-0.1, -0.05) is 48.5 Å². The van der Waals surface area contributed by atoms with Gasteiger partial charge in [0.05, 0.1) is 23.4 Å². The van der Waals surface area contributed by atoms with Crippen LogP contribution in [0, 0.1) is 10.1 Å². The minimum absolute atomic E-state index is 0.126. The number of nitro benzene ring substituents is 1. The van der Waals surface area contributed by atoms with E-state index in [4.69, 9.17) is 0 Å². The van der Waals surface area contributed by atoms with E-state index in [1.54, 1.807) is 17.1 Å². The van der Waals surface area contributed by atoms with Crippen molar-refractivity contribution in [2.75, 3.05) is 5.32 Å². The average Bonchev–Trinajstić information content (AvgIpc) is 3.15. The lowest BCUT2D eigenvalue weighted by Crippen LogP contribution is -2.11. The minimum atomic E-state index is -0.529. The van der Waals surface area contributed by atoms with E-state index in [1.165, 1.54) is 24.3 Å². The van der Waals surface area contributed by atoms with Gasteiger partial charge in [-0.3, -0.25) is 19.6 Å². The fourth-order valence-electron chi connectivity index (χ4n) is 3.08. The SMILES string of the molecule is O=C(Nc1cnn(Cc2cccc3ccccc23)c1)c1cccc([N+](=O)[O-])c1. The lowest BCUT2D eigenvalue weighted by atomic mass is 10.0. The Balaban J connectivity index is 1.51. The second kappa shape index (κ2) is 7.32. The van der Waals surface area contributed by atoms with Crippen molar-refractivity contribution in [3.8, 4) is 0 Å². The number of hydrogen-bond donors (Lipinski definition) is 1. The van der Waals surface area contributed by atoms with E-state index in [-0.39, 0.29) is 11.3 Å². The third-order valence-electron chi connectivity index (χ3n) is 4.42. The Kier molecular flexibility index (Phi) is 4.55. The highest BCUT2D eigenvalue weighted by atomic mass is 16.6. The largest absolute Gasteiger partial charge is 0.319 e. The average molecular weight is 372 g/mol. The third-order valence-corrected chi connectivity index (χ3v) is 4.42. The normalized spacial score (nSPS) is 10.7. The Morgan fingerprint density at radius 3 is 2.71 bits per heavy atom. The summed E-state index contributed by atoms with van der Waals surface area (Å²) in [5, 5.41) is 20.2. The van der Waals surface area contributed by atoms with Crippen molar-refractivity contribution in [1.82, 2.24) is 9.78 Å². The summed E-state index contributed by atoms with van der Waals surface area (Å²) in [6.45, 7) is 0.564. The van der Waals surface area contributed by atoms with Gasteiger partial charge in [0, 0.05) is 23.9 Å². The molecule has 0 saturated carbocycles. The monoisotopic (exact) mass is 372 g/mol. The first kappa shape index (κ1) is 17.4. The second-order valence-electron chi connectivity index (χ2n) is 6.33. The molecule has 1 heterocycles. The molecule has 0 aliphatic carbocycles. The molecule has 0 atom stereocenters. The van der Waals surface area contributed by atoms with Crippen LogP contribution in [0.4, 0.5) is 11.4 Å². The van der Waals surface area contributed by atoms with E-state index in [1.807, 2.05) is 24.3 Å². The van der Waals surface area contributed by atoms with Crippen LogP contribution in [0.2, 0.25) is 0 Å². The molecular weight excluding hydrogens is 356 g/mol. The van der Waals surface area contributed by atoms with Crippen molar-refractivity contribution in [3.05, 3.63) is 100 Å². The van der Waals surface area contributed by atoms with Crippen LogP contribution in [0.3, 0.4) is 0 Å². The molecule has 0 spiro atoms. The molecule has 7 heteroatoms. The molecule has 0 saturated heterocycles. The highest BCUT2D eigenvalue weighted by molar-refractivity contribution is 6.04. The Hall–Kier alpha value is -4.00. The number of benzene rings is 3. The van der Waals surface area contributed by atoms with Crippen molar-refractivity contribution < 1.29 is 9.72 Å². The quantitative estimate of drug-likeness (QED) is 0.419. The Morgan fingerprint density at radius 2 is 1.86 bits per heavy atom. The molecule has 0 fully saturated rings. The number of rotatable bonds is 5. The summed E-state index contributed by atoms with van der Waals surface area (Å²) in [5.74, 6) is -0.423. The van der Waals surface area contributed by atoms with Gasteiger partial charge in [0.15, 0.2) is 0 Å². The topological polar surface area (TPSA) is 90.1 Å². The molecule has 0 aliphatic heterocycles. The van der Waals surface area contributed by atoms with Gasteiger partial charge in [0.1, 0.15) is 0 Å². The van der Waals surface area contributed by atoms with E-state index < -0.39 is 10.8 Å². The smallest absolute Gasteiger partial charge is 0.270 e. The standard InChI is InChI=1S/C21H16N4O3/c26-21(16-7-4-9-19(11-16)25(27)28)23-18-12-22-24(14-18)13-17-8-3-6-15-5-1-2-10-20(15)17/h1-12,14H,13H2,(H,23,26). The molecule has 4 aromatic rings. The van der Waals surface area contributed by atoms with Crippen molar-refractivity contribution in [2.24, 2.45) is 0 Å². The molecule has 0 bridgehead atoms. The maximum absolute atomic E-state index is 12.4. The van der Waals surface area contributed by atoms with Crippen LogP contribution < -0.4 is 5.32 Å². The zero-order valence-corrected chi connectivity index (χ0v) is 14.8. The number of nitrogens with zero attached hydrogens (tertiary/aromatic N) is 3. The molecule has 7 nitrogen and oxygen atoms in total. The summed E-state index contributed by atoms with van der Waals surface area (Å²) in [6.07, 6.45) is 3.29. The zero-order chi connectivity index (χ0) is 19.5. The molecule has 3 aromatic carbocycles. The highest BCUT2D eigenvalue weighted by Crippen LogP contribution is 2.20. The van der Waals surface area contributed by atoms with E-state index in [0.29, 0.717) is 12.2 Å². The van der Waals surface area contributed by atoms with Gasteiger partial charge in [0.25, 0.3) is 11.6 Å². The molecule has 1 aromatic heterocycles. The number of aromatic nitrogens is 2. The Labute approximate surface area is 160 Å². The van der Waals surface area contributed by atoms with Crippen LogP contribution in [0.1, 0.15) is 15.9 Å². The minimum Gasteiger partial charge on any atom is -0.319 e. The molecule has 0 radical (unpaired) electrons. The zero-order valence-electron chi connectivity index (χ0n) is 14.8. The first-order valence-corrected chi connectivity index (χ1v) is 8.65. The number of fused-ring (bicyclic) bond motifs is 1. The van der Waals surface area contributed by atoms with Crippen LogP contribution in [0.5, 0.6) is 0 Å². The second-order valence-corrected chi connectivity index (χ2v) is 6.33. The first-order chi connectivity index (χ1) is 13.6. The highest BCUT2D eigenvalue weighted by Gasteiger charge is 2.12. The van der Waals surface area contributed by atoms with Crippen LogP contribution in [-0.2, 0) is 6.54 Å². The maximum Gasteiger partial charge on any atom is 0.270 e. The Morgan fingerprint density at radius 1 is 1.07 bits per heavy atom. The predicted molar refractivity (Wildman–Crippen MR) is 106 cm³/mol. The molecule has 4 rings (SSSR count). The molecule has 0 aliphatic rings. The molecule has 138 valence electrons. The molecule has 0 unspecified atom stereocenters. The summed E-state index contributed by atoms with van der Waals surface area (Å²) in [6, 6.07) is 19.9. The number of carbonyl (C=O) groups is 1. The Bertz CT molecular complexity index is 1180. The van der Waals surface area contributed by atoms with Crippen LogP contribution in [0.25, 0.3) is 10.8 Å². The maximum atomic E-state index is 12.4. The fraction of sp³-hybridized carbons (Fsp3) is 0.0476. The van der Waals surface area contributed by atoms with Crippen LogP contribution >= 0.6 is 0 Å². The van der Waals surface area contributed by atoms with Gasteiger partial charge in [0.2, 0.25) is 0 Å². The van der Waals surface area contributed by atoms with Gasteiger partial charge in [-0.15, -0.1) is 0 Å². The summed E-state index contributed by atoms with van der Waals surface area (Å²) in [7, 11) is 0. The van der Waals surface area contributed by atoms with Crippen molar-refractivity contribution >= 4 is 28.1 Å². The summed E-state index contributed by atoms with van der Waals surface area (Å²) < 4.78 is 1.74. The molecular formula is C21H16N4O3. The van der Waals surface area contributed by atoms with E-state index in [2.05, 4.69) is 28.6 Å². The first-order valence-electron chi connectivity index (χ1n) is 8.65. The molecule has 28 heavy (non-hydrogen) atoms. The van der Waals surface area contributed by atoms with E-state index in [0.717, 1.165) is 16.3 Å². The third kappa shape index (κ3) is 3.59. The number of non-ortho nitro benzene ring substituents is 1. The van der Waals surface area contributed by atoms with Crippen molar-refractivity contribution in [3.63, 3.8) is 0 Å². The lowest BCUT2D eigenvalue weighted by molar-refractivity contribution is -0.384. The van der Waals surface area contributed by atoms with E-state index in [9.17, 15) is 14.9 Å². The van der Waals surface area contributed by atoms with Crippen LogP contribution in [0.15, 0.2) is 79.1 Å². The molecule has 1 amide bonds. The van der Waals surface area contributed by atoms with Gasteiger partial charge in [-0.2, -0.15) is 5.10 Å². The number of carbonyl (C=O) groups excluding carboxylic acids is 1. The number of nitro groups is 1. The molecule has 1 N–H and O–H groups in total. The number of hydrogen-bond acceptors (Lipinski definition) is 4. The predicted octanol–water partition coefficient (Wildman–Crippen LogP) is 4.25. The van der Waals surface area contributed by atoms with Gasteiger partial charge < -0.3 is 5.32 Å². The summed E-state index contributed by atoms with van der Waals surface area (Å²) in [5.41, 5.74) is 1.74. The van der Waals surface area contributed by atoms with E-state index >= 15 is 0 Å².